The average Bonchev–Trinajstić information content (AvgIpc) is 2.72. The van der Waals surface area contributed by atoms with Crippen molar-refractivity contribution in [1.82, 2.24) is 4.90 Å². The summed E-state index contributed by atoms with van der Waals surface area (Å²) in [4.78, 5) is 5.16. The van der Waals surface area contributed by atoms with Gasteiger partial charge in [-0.2, -0.15) is 0 Å². The Morgan fingerprint density at radius 2 is 2.13 bits per heavy atom. The lowest BCUT2D eigenvalue weighted by Gasteiger charge is -2.14. The monoisotopic (exact) mass is 224 g/mol. The van der Waals surface area contributed by atoms with Gasteiger partial charge >= 0.3 is 0 Å². The highest BCUT2D eigenvalue weighted by Crippen LogP contribution is 2.38. The SMILES string of the molecule is CC1CC1CN(C)Cc1ccc(CN)s1. The van der Waals surface area contributed by atoms with Crippen molar-refractivity contribution >= 4 is 11.3 Å². The van der Waals surface area contributed by atoms with Crippen LogP contribution in [0.3, 0.4) is 0 Å². The van der Waals surface area contributed by atoms with Crippen LogP contribution in [-0.2, 0) is 13.1 Å². The molecular weight excluding hydrogens is 204 g/mol. The number of hydrogen-bond donors (Lipinski definition) is 1. The summed E-state index contributed by atoms with van der Waals surface area (Å²) in [6, 6.07) is 4.35. The molecule has 0 aliphatic heterocycles. The third-order valence-corrected chi connectivity index (χ3v) is 4.26. The van der Waals surface area contributed by atoms with Gasteiger partial charge in [0.05, 0.1) is 0 Å². The third-order valence-electron chi connectivity index (χ3n) is 3.17. The summed E-state index contributed by atoms with van der Waals surface area (Å²) in [5.74, 6) is 1.90. The first-order valence-corrected chi connectivity index (χ1v) is 6.47. The minimum Gasteiger partial charge on any atom is -0.326 e. The molecule has 1 fully saturated rings. The van der Waals surface area contributed by atoms with E-state index in [2.05, 4.69) is 31.0 Å². The predicted molar refractivity (Wildman–Crippen MR) is 65.8 cm³/mol. The fourth-order valence-electron chi connectivity index (χ4n) is 2.00. The molecule has 1 aromatic rings. The van der Waals surface area contributed by atoms with Crippen molar-refractivity contribution in [1.29, 1.82) is 0 Å². The first-order valence-electron chi connectivity index (χ1n) is 5.65. The van der Waals surface area contributed by atoms with Gasteiger partial charge in [-0.25, -0.2) is 0 Å². The van der Waals surface area contributed by atoms with Crippen LogP contribution in [0.4, 0.5) is 0 Å². The summed E-state index contributed by atoms with van der Waals surface area (Å²) in [6.45, 7) is 5.34. The minimum atomic E-state index is 0.675. The molecule has 2 rings (SSSR count). The molecule has 1 saturated carbocycles. The quantitative estimate of drug-likeness (QED) is 0.831. The lowest BCUT2D eigenvalue weighted by Crippen LogP contribution is -2.20. The van der Waals surface area contributed by atoms with Gasteiger partial charge < -0.3 is 10.6 Å². The molecule has 0 spiro atoms. The maximum atomic E-state index is 5.60. The summed E-state index contributed by atoms with van der Waals surface area (Å²) in [5.41, 5.74) is 5.60. The minimum absolute atomic E-state index is 0.675. The van der Waals surface area contributed by atoms with E-state index in [0.29, 0.717) is 6.54 Å². The molecule has 1 aromatic heterocycles. The summed E-state index contributed by atoms with van der Waals surface area (Å²) < 4.78 is 0. The fourth-order valence-corrected chi connectivity index (χ4v) is 2.98. The molecule has 2 nitrogen and oxygen atoms in total. The van der Waals surface area contributed by atoms with Crippen LogP contribution in [-0.4, -0.2) is 18.5 Å². The smallest absolute Gasteiger partial charge is 0.0325 e. The van der Waals surface area contributed by atoms with Gasteiger partial charge in [0.2, 0.25) is 0 Å². The van der Waals surface area contributed by atoms with Crippen LogP contribution in [0.2, 0.25) is 0 Å². The van der Waals surface area contributed by atoms with Crippen LogP contribution in [0.1, 0.15) is 23.1 Å². The number of thiophene rings is 1. The van der Waals surface area contributed by atoms with Crippen molar-refractivity contribution in [2.24, 2.45) is 17.6 Å². The van der Waals surface area contributed by atoms with Gasteiger partial charge in [-0.05, 0) is 37.4 Å². The Kier molecular flexibility index (Phi) is 3.44. The van der Waals surface area contributed by atoms with Gasteiger partial charge in [0.25, 0.3) is 0 Å². The standard InChI is InChI=1S/C12H20N2S/c1-9-5-10(9)7-14(2)8-12-4-3-11(6-13)15-12/h3-4,9-10H,5-8,13H2,1-2H3. The summed E-state index contributed by atoms with van der Waals surface area (Å²) in [6.07, 6.45) is 1.42. The molecule has 84 valence electrons. The Balaban J connectivity index is 1.80. The molecule has 15 heavy (non-hydrogen) atoms. The summed E-state index contributed by atoms with van der Waals surface area (Å²) in [5, 5.41) is 0. The second-order valence-corrected chi connectivity index (χ2v) is 5.99. The average molecular weight is 224 g/mol. The molecule has 0 amide bonds. The summed E-state index contributed by atoms with van der Waals surface area (Å²) in [7, 11) is 2.22. The van der Waals surface area contributed by atoms with Gasteiger partial charge in [0, 0.05) is 29.4 Å². The Morgan fingerprint density at radius 1 is 1.47 bits per heavy atom. The zero-order chi connectivity index (χ0) is 10.8. The van der Waals surface area contributed by atoms with Crippen LogP contribution in [0.5, 0.6) is 0 Å². The van der Waals surface area contributed by atoms with E-state index in [1.54, 1.807) is 0 Å². The Bertz CT molecular complexity index is 321. The maximum Gasteiger partial charge on any atom is 0.0325 e. The molecule has 0 saturated heterocycles. The first-order chi connectivity index (χ1) is 7.19. The van der Waals surface area contributed by atoms with E-state index in [0.717, 1.165) is 18.4 Å². The molecule has 1 heterocycles. The number of nitrogens with two attached hydrogens (primary N) is 1. The molecule has 2 atom stereocenters. The van der Waals surface area contributed by atoms with Crippen LogP contribution >= 0.6 is 11.3 Å². The van der Waals surface area contributed by atoms with Crippen LogP contribution in [0, 0.1) is 11.8 Å². The van der Waals surface area contributed by atoms with Crippen LogP contribution < -0.4 is 5.73 Å². The highest BCUT2D eigenvalue weighted by Gasteiger charge is 2.32. The van der Waals surface area contributed by atoms with Gasteiger partial charge in [-0.1, -0.05) is 6.92 Å². The van der Waals surface area contributed by atoms with E-state index < -0.39 is 0 Å². The van der Waals surface area contributed by atoms with E-state index in [1.165, 1.54) is 22.7 Å². The van der Waals surface area contributed by atoms with Crippen molar-refractivity contribution in [2.75, 3.05) is 13.6 Å². The second kappa shape index (κ2) is 4.64. The van der Waals surface area contributed by atoms with Crippen molar-refractivity contribution < 1.29 is 0 Å². The lowest BCUT2D eigenvalue weighted by atomic mass is 10.3. The van der Waals surface area contributed by atoms with E-state index in [4.69, 9.17) is 5.73 Å². The highest BCUT2D eigenvalue weighted by molar-refractivity contribution is 7.11. The van der Waals surface area contributed by atoms with Crippen molar-refractivity contribution in [3.8, 4) is 0 Å². The van der Waals surface area contributed by atoms with E-state index >= 15 is 0 Å². The lowest BCUT2D eigenvalue weighted by molar-refractivity contribution is 0.310. The van der Waals surface area contributed by atoms with Gasteiger partial charge in [0.1, 0.15) is 0 Å². The Labute approximate surface area is 96.1 Å². The van der Waals surface area contributed by atoms with Crippen molar-refractivity contribution in [3.63, 3.8) is 0 Å². The largest absolute Gasteiger partial charge is 0.326 e. The second-order valence-electron chi connectivity index (χ2n) is 4.74. The normalized spacial score (nSPS) is 24.8. The molecular formula is C12H20N2S. The molecule has 1 aliphatic carbocycles. The van der Waals surface area contributed by atoms with Crippen molar-refractivity contribution in [3.05, 3.63) is 21.9 Å². The fraction of sp³-hybridized carbons (Fsp3) is 0.667. The highest BCUT2D eigenvalue weighted by atomic mass is 32.1. The van der Waals surface area contributed by atoms with E-state index in [-0.39, 0.29) is 0 Å². The molecule has 2 N–H and O–H groups in total. The topological polar surface area (TPSA) is 29.3 Å². The molecule has 3 heteroatoms. The Morgan fingerprint density at radius 3 is 2.67 bits per heavy atom. The molecule has 0 radical (unpaired) electrons. The van der Waals surface area contributed by atoms with Crippen LogP contribution in [0.15, 0.2) is 12.1 Å². The zero-order valence-electron chi connectivity index (χ0n) is 9.57. The zero-order valence-corrected chi connectivity index (χ0v) is 10.4. The predicted octanol–water partition coefficient (Wildman–Crippen LogP) is 2.29. The molecule has 0 aromatic carbocycles. The molecule has 0 bridgehead atoms. The van der Waals surface area contributed by atoms with Gasteiger partial charge in [-0.15, -0.1) is 11.3 Å². The summed E-state index contributed by atoms with van der Waals surface area (Å²) >= 11 is 1.84. The number of rotatable bonds is 5. The molecule has 2 unspecified atom stereocenters. The maximum absolute atomic E-state index is 5.60. The van der Waals surface area contributed by atoms with Gasteiger partial charge in [-0.3, -0.25) is 0 Å². The Hall–Kier alpha value is -0.380. The van der Waals surface area contributed by atoms with Crippen LogP contribution in [0.25, 0.3) is 0 Å². The number of nitrogens with zero attached hydrogens (tertiary/aromatic N) is 1. The third kappa shape index (κ3) is 3.03. The number of hydrogen-bond acceptors (Lipinski definition) is 3. The molecule has 1 aliphatic rings. The van der Waals surface area contributed by atoms with E-state index in [1.807, 2.05) is 11.3 Å². The van der Waals surface area contributed by atoms with E-state index in [9.17, 15) is 0 Å². The first kappa shape index (κ1) is 11.1. The van der Waals surface area contributed by atoms with Crippen molar-refractivity contribution in [2.45, 2.75) is 26.4 Å². The van der Waals surface area contributed by atoms with Gasteiger partial charge in [0.15, 0.2) is 0 Å².